The maximum Gasteiger partial charge on any atom is 0.122 e. The zero-order chi connectivity index (χ0) is 15.0. The SMILES string of the molecule is CCN(CC)CCOc1ccc(OC)cc1CC(C)N. The molecule has 0 saturated carbocycles. The van der Waals surface area contributed by atoms with Gasteiger partial charge < -0.3 is 20.1 Å². The van der Waals surface area contributed by atoms with E-state index in [1.54, 1.807) is 7.11 Å². The number of rotatable bonds is 9. The molecule has 0 aliphatic rings. The second-order valence-corrected chi connectivity index (χ2v) is 5.03. The van der Waals surface area contributed by atoms with Gasteiger partial charge in [0.15, 0.2) is 0 Å². The number of benzene rings is 1. The van der Waals surface area contributed by atoms with Crippen molar-refractivity contribution < 1.29 is 9.47 Å². The van der Waals surface area contributed by atoms with E-state index in [4.69, 9.17) is 15.2 Å². The lowest BCUT2D eigenvalue weighted by Gasteiger charge is -2.19. The van der Waals surface area contributed by atoms with Crippen LogP contribution in [0.25, 0.3) is 0 Å². The van der Waals surface area contributed by atoms with Gasteiger partial charge in [-0.3, -0.25) is 0 Å². The quantitative estimate of drug-likeness (QED) is 0.754. The van der Waals surface area contributed by atoms with Crippen molar-refractivity contribution in [1.29, 1.82) is 0 Å². The van der Waals surface area contributed by atoms with Crippen LogP contribution in [0.3, 0.4) is 0 Å². The summed E-state index contributed by atoms with van der Waals surface area (Å²) in [4.78, 5) is 2.34. The second kappa shape index (κ2) is 8.82. The third-order valence-corrected chi connectivity index (χ3v) is 3.37. The van der Waals surface area contributed by atoms with E-state index in [2.05, 4.69) is 18.7 Å². The minimum Gasteiger partial charge on any atom is -0.497 e. The molecule has 20 heavy (non-hydrogen) atoms. The van der Waals surface area contributed by atoms with E-state index < -0.39 is 0 Å². The largest absolute Gasteiger partial charge is 0.497 e. The van der Waals surface area contributed by atoms with Gasteiger partial charge in [-0.1, -0.05) is 13.8 Å². The molecule has 0 saturated heterocycles. The highest BCUT2D eigenvalue weighted by molar-refractivity contribution is 5.40. The average Bonchev–Trinajstić information content (AvgIpc) is 2.44. The molecule has 1 aromatic carbocycles. The minimum atomic E-state index is 0.104. The molecule has 0 bridgehead atoms. The Balaban J connectivity index is 2.67. The summed E-state index contributed by atoms with van der Waals surface area (Å²) in [6.07, 6.45) is 0.789. The van der Waals surface area contributed by atoms with Crippen LogP contribution in [0.1, 0.15) is 26.3 Å². The Kier molecular flexibility index (Phi) is 7.41. The van der Waals surface area contributed by atoms with Crippen LogP contribution < -0.4 is 15.2 Å². The van der Waals surface area contributed by atoms with Gasteiger partial charge in [0, 0.05) is 12.6 Å². The Hall–Kier alpha value is -1.26. The van der Waals surface area contributed by atoms with E-state index in [0.717, 1.165) is 43.1 Å². The van der Waals surface area contributed by atoms with Gasteiger partial charge in [-0.25, -0.2) is 0 Å². The third-order valence-electron chi connectivity index (χ3n) is 3.37. The molecule has 4 heteroatoms. The maximum atomic E-state index is 5.92. The number of nitrogens with zero attached hydrogens (tertiary/aromatic N) is 1. The van der Waals surface area contributed by atoms with Crippen molar-refractivity contribution >= 4 is 0 Å². The highest BCUT2D eigenvalue weighted by atomic mass is 16.5. The standard InChI is InChI=1S/C16H28N2O2/c1-5-18(6-2)9-10-20-16-8-7-15(19-4)12-14(16)11-13(3)17/h7-8,12-13H,5-6,9-11,17H2,1-4H3. The van der Waals surface area contributed by atoms with Gasteiger partial charge in [0.2, 0.25) is 0 Å². The van der Waals surface area contributed by atoms with Crippen LogP contribution >= 0.6 is 0 Å². The summed E-state index contributed by atoms with van der Waals surface area (Å²) in [5, 5.41) is 0. The Morgan fingerprint density at radius 1 is 1.25 bits per heavy atom. The maximum absolute atomic E-state index is 5.92. The molecule has 0 aliphatic carbocycles. The van der Waals surface area contributed by atoms with Gasteiger partial charge in [-0.05, 0) is 50.2 Å². The smallest absolute Gasteiger partial charge is 0.122 e. The van der Waals surface area contributed by atoms with E-state index in [9.17, 15) is 0 Å². The van der Waals surface area contributed by atoms with Crippen molar-refractivity contribution in [3.63, 3.8) is 0 Å². The minimum absolute atomic E-state index is 0.104. The molecule has 0 fully saturated rings. The highest BCUT2D eigenvalue weighted by Gasteiger charge is 2.09. The summed E-state index contributed by atoms with van der Waals surface area (Å²) in [6, 6.07) is 6.01. The van der Waals surface area contributed by atoms with Gasteiger partial charge in [-0.2, -0.15) is 0 Å². The predicted molar refractivity (Wildman–Crippen MR) is 83.6 cm³/mol. The summed E-state index contributed by atoms with van der Waals surface area (Å²) in [7, 11) is 1.67. The van der Waals surface area contributed by atoms with Crippen molar-refractivity contribution in [2.75, 3.05) is 33.4 Å². The molecule has 0 aliphatic heterocycles. The number of methoxy groups -OCH3 is 1. The summed E-state index contributed by atoms with van der Waals surface area (Å²) in [6.45, 7) is 10.1. The summed E-state index contributed by atoms with van der Waals surface area (Å²) in [5.41, 5.74) is 7.01. The molecule has 1 rings (SSSR count). The van der Waals surface area contributed by atoms with Crippen molar-refractivity contribution in [1.82, 2.24) is 4.90 Å². The second-order valence-electron chi connectivity index (χ2n) is 5.03. The van der Waals surface area contributed by atoms with Crippen molar-refractivity contribution in [2.45, 2.75) is 33.2 Å². The van der Waals surface area contributed by atoms with Crippen LogP contribution in [0, 0.1) is 0 Å². The zero-order valence-electron chi connectivity index (χ0n) is 13.2. The van der Waals surface area contributed by atoms with Gasteiger partial charge >= 0.3 is 0 Å². The van der Waals surface area contributed by atoms with Crippen molar-refractivity contribution in [3.8, 4) is 11.5 Å². The van der Waals surface area contributed by atoms with E-state index in [1.807, 2.05) is 25.1 Å². The molecular formula is C16H28N2O2. The molecule has 114 valence electrons. The van der Waals surface area contributed by atoms with Crippen LogP contribution in [-0.4, -0.2) is 44.3 Å². The monoisotopic (exact) mass is 280 g/mol. The zero-order valence-corrected chi connectivity index (χ0v) is 13.2. The first-order chi connectivity index (χ1) is 9.60. The number of ether oxygens (including phenoxy) is 2. The normalized spacial score (nSPS) is 12.5. The lowest BCUT2D eigenvalue weighted by atomic mass is 10.1. The first-order valence-corrected chi connectivity index (χ1v) is 7.38. The lowest BCUT2D eigenvalue weighted by molar-refractivity contribution is 0.221. The fourth-order valence-electron chi connectivity index (χ4n) is 2.15. The van der Waals surface area contributed by atoms with Gasteiger partial charge in [0.25, 0.3) is 0 Å². The Morgan fingerprint density at radius 3 is 2.50 bits per heavy atom. The molecule has 0 radical (unpaired) electrons. The molecular weight excluding hydrogens is 252 g/mol. The summed E-state index contributed by atoms with van der Waals surface area (Å²) >= 11 is 0. The Bertz CT molecular complexity index is 390. The molecule has 1 unspecified atom stereocenters. The van der Waals surface area contributed by atoms with Crippen LogP contribution in [0.4, 0.5) is 0 Å². The average molecular weight is 280 g/mol. The van der Waals surface area contributed by atoms with Crippen LogP contribution in [0.2, 0.25) is 0 Å². The number of nitrogens with two attached hydrogens (primary N) is 1. The molecule has 0 amide bonds. The number of hydrogen-bond acceptors (Lipinski definition) is 4. The fraction of sp³-hybridized carbons (Fsp3) is 0.625. The van der Waals surface area contributed by atoms with Gasteiger partial charge in [-0.15, -0.1) is 0 Å². The van der Waals surface area contributed by atoms with E-state index in [1.165, 1.54) is 0 Å². The van der Waals surface area contributed by atoms with Gasteiger partial charge in [0.1, 0.15) is 18.1 Å². The van der Waals surface area contributed by atoms with Crippen molar-refractivity contribution in [3.05, 3.63) is 23.8 Å². The fourth-order valence-corrected chi connectivity index (χ4v) is 2.15. The predicted octanol–water partition coefficient (Wildman–Crippen LogP) is 2.31. The lowest BCUT2D eigenvalue weighted by Crippen LogP contribution is -2.28. The summed E-state index contributed by atoms with van der Waals surface area (Å²) in [5.74, 6) is 1.76. The number of hydrogen-bond donors (Lipinski definition) is 1. The molecule has 1 atom stereocenters. The summed E-state index contributed by atoms with van der Waals surface area (Å²) < 4.78 is 11.2. The van der Waals surface area contributed by atoms with Crippen LogP contribution in [0.5, 0.6) is 11.5 Å². The van der Waals surface area contributed by atoms with E-state index in [-0.39, 0.29) is 6.04 Å². The number of likely N-dealkylation sites (N-methyl/N-ethyl adjacent to an activating group) is 1. The highest BCUT2D eigenvalue weighted by Crippen LogP contribution is 2.25. The molecule has 1 aromatic rings. The van der Waals surface area contributed by atoms with Gasteiger partial charge in [0.05, 0.1) is 7.11 Å². The first-order valence-electron chi connectivity index (χ1n) is 7.38. The topological polar surface area (TPSA) is 47.7 Å². The molecule has 2 N–H and O–H groups in total. The molecule has 0 heterocycles. The van der Waals surface area contributed by atoms with Crippen molar-refractivity contribution in [2.24, 2.45) is 5.73 Å². The third kappa shape index (κ3) is 5.39. The molecule has 0 aromatic heterocycles. The molecule has 4 nitrogen and oxygen atoms in total. The Labute approximate surface area is 122 Å². The van der Waals surface area contributed by atoms with E-state index >= 15 is 0 Å². The molecule has 0 spiro atoms. The van der Waals surface area contributed by atoms with Crippen LogP contribution in [-0.2, 0) is 6.42 Å². The van der Waals surface area contributed by atoms with Crippen LogP contribution in [0.15, 0.2) is 18.2 Å². The first kappa shape index (κ1) is 16.8. The Morgan fingerprint density at radius 2 is 1.95 bits per heavy atom. The van der Waals surface area contributed by atoms with E-state index in [0.29, 0.717) is 6.61 Å².